The summed E-state index contributed by atoms with van der Waals surface area (Å²) in [5.74, 6) is -0.494. The SMILES string of the molecule is CCOC1CC(NS(=O)(=O)c2ccc(F)c(CN)c2)C1. The molecule has 0 bridgehead atoms. The number of ether oxygens (including phenoxy) is 1. The van der Waals surface area contributed by atoms with E-state index in [-0.39, 0.29) is 29.1 Å². The van der Waals surface area contributed by atoms with Crippen LogP contribution >= 0.6 is 0 Å². The predicted molar refractivity (Wildman–Crippen MR) is 73.0 cm³/mol. The molecule has 1 aliphatic rings. The molecule has 0 aromatic heterocycles. The van der Waals surface area contributed by atoms with Crippen LogP contribution in [0.25, 0.3) is 0 Å². The predicted octanol–water partition coefficient (Wildman–Crippen LogP) is 1.13. The molecule has 20 heavy (non-hydrogen) atoms. The third kappa shape index (κ3) is 3.35. The lowest BCUT2D eigenvalue weighted by Gasteiger charge is -2.35. The number of hydrogen-bond donors (Lipinski definition) is 2. The lowest BCUT2D eigenvalue weighted by molar-refractivity contribution is -0.00475. The van der Waals surface area contributed by atoms with E-state index in [0.717, 1.165) is 6.07 Å². The molecule has 0 unspecified atom stereocenters. The van der Waals surface area contributed by atoms with Crippen LogP contribution in [0.5, 0.6) is 0 Å². The van der Waals surface area contributed by atoms with Gasteiger partial charge < -0.3 is 10.5 Å². The molecule has 0 spiro atoms. The molecule has 1 aromatic rings. The molecule has 0 saturated heterocycles. The van der Waals surface area contributed by atoms with Crippen molar-refractivity contribution in [3.63, 3.8) is 0 Å². The summed E-state index contributed by atoms with van der Waals surface area (Å²) in [6.45, 7) is 2.50. The van der Waals surface area contributed by atoms with Gasteiger partial charge in [0.25, 0.3) is 0 Å². The van der Waals surface area contributed by atoms with Gasteiger partial charge in [0.05, 0.1) is 11.0 Å². The van der Waals surface area contributed by atoms with Gasteiger partial charge in [-0.25, -0.2) is 17.5 Å². The van der Waals surface area contributed by atoms with Gasteiger partial charge in [-0.1, -0.05) is 0 Å². The average molecular weight is 302 g/mol. The van der Waals surface area contributed by atoms with Crippen LogP contribution in [-0.2, 0) is 21.3 Å². The Morgan fingerprint density at radius 2 is 2.15 bits per heavy atom. The van der Waals surface area contributed by atoms with Crippen LogP contribution in [0.15, 0.2) is 23.1 Å². The second-order valence-electron chi connectivity index (χ2n) is 4.82. The van der Waals surface area contributed by atoms with E-state index in [1.807, 2.05) is 6.92 Å². The van der Waals surface area contributed by atoms with E-state index in [1.54, 1.807) is 0 Å². The van der Waals surface area contributed by atoms with Gasteiger partial charge in [-0.2, -0.15) is 0 Å². The fourth-order valence-corrected chi connectivity index (χ4v) is 3.51. The van der Waals surface area contributed by atoms with Gasteiger partial charge in [-0.05, 0) is 38.0 Å². The van der Waals surface area contributed by atoms with Crippen molar-refractivity contribution in [3.8, 4) is 0 Å². The fourth-order valence-electron chi connectivity index (χ4n) is 2.20. The van der Waals surface area contributed by atoms with Crippen LogP contribution in [0, 0.1) is 5.82 Å². The Bertz CT molecular complexity index is 571. The number of benzene rings is 1. The largest absolute Gasteiger partial charge is 0.378 e. The maximum absolute atomic E-state index is 13.3. The highest BCUT2D eigenvalue weighted by Gasteiger charge is 2.33. The Kier molecular flexibility index (Phi) is 4.74. The third-order valence-electron chi connectivity index (χ3n) is 3.37. The first-order valence-electron chi connectivity index (χ1n) is 6.58. The van der Waals surface area contributed by atoms with Crippen molar-refractivity contribution in [2.24, 2.45) is 5.73 Å². The summed E-state index contributed by atoms with van der Waals surface area (Å²) < 4.78 is 45.6. The molecule has 0 radical (unpaired) electrons. The molecule has 1 fully saturated rings. The smallest absolute Gasteiger partial charge is 0.240 e. The molecule has 5 nitrogen and oxygen atoms in total. The summed E-state index contributed by atoms with van der Waals surface area (Å²) in [5, 5.41) is 0. The van der Waals surface area contributed by atoms with E-state index in [0.29, 0.717) is 19.4 Å². The van der Waals surface area contributed by atoms with Gasteiger partial charge in [-0.15, -0.1) is 0 Å². The second kappa shape index (κ2) is 6.17. The van der Waals surface area contributed by atoms with E-state index in [1.165, 1.54) is 12.1 Å². The van der Waals surface area contributed by atoms with E-state index in [9.17, 15) is 12.8 Å². The van der Waals surface area contributed by atoms with Gasteiger partial charge >= 0.3 is 0 Å². The van der Waals surface area contributed by atoms with E-state index in [4.69, 9.17) is 10.5 Å². The Balaban J connectivity index is 2.04. The summed E-state index contributed by atoms with van der Waals surface area (Å²) >= 11 is 0. The molecule has 3 N–H and O–H groups in total. The highest BCUT2D eigenvalue weighted by atomic mass is 32.2. The summed E-state index contributed by atoms with van der Waals surface area (Å²) in [4.78, 5) is 0.0409. The molecule has 0 atom stereocenters. The zero-order valence-corrected chi connectivity index (χ0v) is 12.1. The van der Waals surface area contributed by atoms with Gasteiger partial charge in [0.1, 0.15) is 5.82 Å². The maximum atomic E-state index is 13.3. The average Bonchev–Trinajstić information content (AvgIpc) is 2.36. The zero-order valence-electron chi connectivity index (χ0n) is 11.3. The minimum Gasteiger partial charge on any atom is -0.378 e. The van der Waals surface area contributed by atoms with Crippen LogP contribution in [-0.4, -0.2) is 27.2 Å². The van der Waals surface area contributed by atoms with Crippen LogP contribution in [0.3, 0.4) is 0 Å². The second-order valence-corrected chi connectivity index (χ2v) is 6.54. The molecule has 0 aliphatic heterocycles. The number of nitrogens with one attached hydrogen (secondary N) is 1. The minimum absolute atomic E-state index is 0.0367. The van der Waals surface area contributed by atoms with Crippen molar-refractivity contribution < 1.29 is 17.5 Å². The number of hydrogen-bond acceptors (Lipinski definition) is 4. The molecule has 7 heteroatoms. The number of sulfonamides is 1. The molecular weight excluding hydrogens is 283 g/mol. The van der Waals surface area contributed by atoms with Crippen molar-refractivity contribution in [2.45, 2.75) is 43.4 Å². The first-order chi connectivity index (χ1) is 9.46. The summed E-state index contributed by atoms with van der Waals surface area (Å²) in [5.41, 5.74) is 5.57. The lowest BCUT2D eigenvalue weighted by Crippen LogP contribution is -2.47. The zero-order chi connectivity index (χ0) is 14.8. The molecule has 112 valence electrons. The van der Waals surface area contributed by atoms with Gasteiger partial charge in [-0.3, -0.25) is 0 Å². The van der Waals surface area contributed by atoms with Crippen LogP contribution in [0.1, 0.15) is 25.3 Å². The van der Waals surface area contributed by atoms with E-state index in [2.05, 4.69) is 4.72 Å². The Morgan fingerprint density at radius 3 is 2.75 bits per heavy atom. The topological polar surface area (TPSA) is 81.4 Å². The summed E-state index contributed by atoms with van der Waals surface area (Å²) in [6, 6.07) is 3.52. The summed E-state index contributed by atoms with van der Waals surface area (Å²) in [6.07, 6.45) is 1.45. The maximum Gasteiger partial charge on any atom is 0.240 e. The molecule has 1 aromatic carbocycles. The molecule has 1 saturated carbocycles. The van der Waals surface area contributed by atoms with Crippen molar-refractivity contribution in [2.75, 3.05) is 6.61 Å². The van der Waals surface area contributed by atoms with Crippen molar-refractivity contribution in [1.82, 2.24) is 4.72 Å². The standard InChI is InChI=1S/C13H19FN2O3S/c1-2-19-11-6-10(7-11)16-20(17,18)12-3-4-13(14)9(5-12)8-15/h3-5,10-11,16H,2,6-8,15H2,1H3. The normalized spacial score (nSPS) is 22.6. The molecular formula is C13H19FN2O3S. The first-order valence-corrected chi connectivity index (χ1v) is 8.07. The highest BCUT2D eigenvalue weighted by Crippen LogP contribution is 2.25. The Morgan fingerprint density at radius 1 is 1.45 bits per heavy atom. The monoisotopic (exact) mass is 302 g/mol. The van der Waals surface area contributed by atoms with Gasteiger partial charge in [0, 0.05) is 24.8 Å². The Hall–Kier alpha value is -1.02. The van der Waals surface area contributed by atoms with Gasteiger partial charge in [0.2, 0.25) is 10.0 Å². The fraction of sp³-hybridized carbons (Fsp3) is 0.538. The number of halogens is 1. The van der Waals surface area contributed by atoms with Crippen LogP contribution < -0.4 is 10.5 Å². The van der Waals surface area contributed by atoms with E-state index < -0.39 is 15.8 Å². The number of rotatable bonds is 6. The van der Waals surface area contributed by atoms with Crippen molar-refractivity contribution in [1.29, 1.82) is 0 Å². The van der Waals surface area contributed by atoms with Gasteiger partial charge in [0.15, 0.2) is 0 Å². The quantitative estimate of drug-likeness (QED) is 0.825. The number of nitrogens with two attached hydrogens (primary N) is 1. The van der Waals surface area contributed by atoms with Crippen LogP contribution in [0.4, 0.5) is 4.39 Å². The molecule has 0 amide bonds. The third-order valence-corrected chi connectivity index (χ3v) is 4.88. The van der Waals surface area contributed by atoms with Crippen molar-refractivity contribution >= 4 is 10.0 Å². The minimum atomic E-state index is -3.64. The van der Waals surface area contributed by atoms with E-state index >= 15 is 0 Å². The van der Waals surface area contributed by atoms with Crippen molar-refractivity contribution in [3.05, 3.63) is 29.6 Å². The van der Waals surface area contributed by atoms with Crippen LogP contribution in [0.2, 0.25) is 0 Å². The molecule has 1 aliphatic carbocycles. The first kappa shape index (κ1) is 15.4. The summed E-state index contributed by atoms with van der Waals surface area (Å²) in [7, 11) is -3.64. The highest BCUT2D eigenvalue weighted by molar-refractivity contribution is 7.89. The Labute approximate surface area is 118 Å². The lowest BCUT2D eigenvalue weighted by atomic mass is 9.90. The molecule has 0 heterocycles. The molecule has 2 rings (SSSR count).